The van der Waals surface area contributed by atoms with Crippen molar-refractivity contribution in [3.8, 4) is 11.3 Å². The average Bonchev–Trinajstić information content (AvgIpc) is 3.13. The summed E-state index contributed by atoms with van der Waals surface area (Å²) >= 11 is 0. The van der Waals surface area contributed by atoms with Crippen molar-refractivity contribution in [2.45, 2.75) is 64.2 Å². The van der Waals surface area contributed by atoms with E-state index in [0.717, 1.165) is 66.0 Å². The molecule has 0 spiro atoms. The van der Waals surface area contributed by atoms with Gasteiger partial charge in [0.15, 0.2) is 0 Å². The zero-order valence-electron chi connectivity index (χ0n) is 20.7. The maximum atomic E-state index is 14.4. The zero-order chi connectivity index (χ0) is 24.6. The molecule has 2 bridgehead atoms. The first-order valence-electron chi connectivity index (χ1n) is 13.1. The van der Waals surface area contributed by atoms with Crippen molar-refractivity contribution < 1.29 is 9.18 Å². The van der Waals surface area contributed by atoms with Crippen LogP contribution in [0.4, 0.5) is 9.18 Å². The van der Waals surface area contributed by atoms with Crippen molar-refractivity contribution in [1.82, 2.24) is 30.3 Å². The molecule has 0 radical (unpaired) electrons. The number of nitrogens with zero attached hydrogens (tertiary/aromatic N) is 4. The summed E-state index contributed by atoms with van der Waals surface area (Å²) in [7, 11) is 0. The second kappa shape index (κ2) is 9.65. The summed E-state index contributed by atoms with van der Waals surface area (Å²) in [4.78, 5) is 22.1. The third-order valence-electron chi connectivity index (χ3n) is 8.21. The van der Waals surface area contributed by atoms with E-state index < -0.39 is 0 Å². The Morgan fingerprint density at radius 1 is 1.19 bits per heavy atom. The van der Waals surface area contributed by atoms with Crippen molar-refractivity contribution in [3.05, 3.63) is 70.9 Å². The molecule has 3 atom stereocenters. The molecule has 1 aliphatic carbocycles. The van der Waals surface area contributed by atoms with Gasteiger partial charge in [0.1, 0.15) is 5.82 Å². The molecule has 3 aliphatic heterocycles. The van der Waals surface area contributed by atoms with E-state index in [9.17, 15) is 9.18 Å². The molecule has 36 heavy (non-hydrogen) atoms. The molecular formula is C28H33FN6O. The van der Waals surface area contributed by atoms with Gasteiger partial charge in [-0.2, -0.15) is 5.10 Å². The molecule has 2 N–H and O–H groups in total. The number of halogens is 1. The molecule has 2 aromatic heterocycles. The Labute approximate surface area is 211 Å². The van der Waals surface area contributed by atoms with E-state index in [-0.39, 0.29) is 23.9 Å². The Kier molecular flexibility index (Phi) is 6.21. The topological polar surface area (TPSA) is 77.2 Å². The summed E-state index contributed by atoms with van der Waals surface area (Å²) in [5.41, 5.74) is 5.79. The number of benzene rings is 1. The molecule has 8 heteroatoms. The lowest BCUT2D eigenvalue weighted by Gasteiger charge is -2.40. The molecular weight excluding hydrogens is 455 g/mol. The lowest BCUT2D eigenvalue weighted by molar-refractivity contribution is 0.0968. The predicted octanol–water partition coefficient (Wildman–Crippen LogP) is 4.43. The summed E-state index contributed by atoms with van der Waals surface area (Å²) in [5.74, 6) is 0.465. The highest BCUT2D eigenvalue weighted by Gasteiger charge is 2.39. The number of piperidine rings is 1. The van der Waals surface area contributed by atoms with Crippen LogP contribution in [0.5, 0.6) is 0 Å². The van der Waals surface area contributed by atoms with Crippen LogP contribution in [-0.2, 0) is 19.5 Å². The first-order valence-corrected chi connectivity index (χ1v) is 13.1. The number of nitrogens with one attached hydrogen (secondary N) is 2. The van der Waals surface area contributed by atoms with Crippen LogP contribution in [0, 0.1) is 18.7 Å². The van der Waals surface area contributed by atoms with Crippen LogP contribution in [0.1, 0.15) is 48.2 Å². The standard InChI is InChI=1S/C28H33FN6O/c1-18-14-20(10-12-30-18)27-22-17-34(13-11-24(22)32-33-27)28(36)31-25-8-6-19-7-9-26(25)35(15-19)16-21-4-2-3-5-23(21)29/h2-5,10,12,14,19,25-26H,6-9,11,13,15-17H2,1H3,(H,31,36)(H,32,33)/t19?,25-,26-/m0/s1. The maximum Gasteiger partial charge on any atom is 0.317 e. The summed E-state index contributed by atoms with van der Waals surface area (Å²) in [5, 5.41) is 11.1. The minimum atomic E-state index is -0.150. The molecule has 4 aliphatic rings. The average molecular weight is 489 g/mol. The SMILES string of the molecule is Cc1cc(-c2n[nH]c3c2CN(C(=O)N[C@H]2CCC4CC[C@@H]2N(Cc2ccccc2F)C4)CC3)ccn1. The number of aryl methyl sites for hydroxylation is 1. The van der Waals surface area contributed by atoms with Gasteiger partial charge < -0.3 is 10.2 Å². The summed E-state index contributed by atoms with van der Waals surface area (Å²) in [6.45, 7) is 4.74. The Morgan fingerprint density at radius 3 is 2.92 bits per heavy atom. The highest BCUT2D eigenvalue weighted by molar-refractivity contribution is 5.76. The van der Waals surface area contributed by atoms with Gasteiger partial charge in [-0.25, -0.2) is 9.18 Å². The molecule has 3 fully saturated rings. The Hall–Kier alpha value is -3.26. The second-order valence-corrected chi connectivity index (χ2v) is 10.6. The van der Waals surface area contributed by atoms with Gasteiger partial charge in [0.2, 0.25) is 0 Å². The zero-order valence-corrected chi connectivity index (χ0v) is 20.7. The molecule has 2 saturated heterocycles. The van der Waals surface area contributed by atoms with E-state index >= 15 is 0 Å². The van der Waals surface area contributed by atoms with E-state index in [0.29, 0.717) is 25.6 Å². The maximum absolute atomic E-state index is 14.4. The van der Waals surface area contributed by atoms with E-state index in [1.54, 1.807) is 12.3 Å². The van der Waals surface area contributed by atoms with Crippen molar-refractivity contribution in [2.75, 3.05) is 13.1 Å². The fourth-order valence-electron chi connectivity index (χ4n) is 6.29. The van der Waals surface area contributed by atoms with Gasteiger partial charge >= 0.3 is 6.03 Å². The Morgan fingerprint density at radius 2 is 2.06 bits per heavy atom. The number of aromatic nitrogens is 3. The van der Waals surface area contributed by atoms with E-state index in [4.69, 9.17) is 0 Å². The number of aromatic amines is 1. The third kappa shape index (κ3) is 4.50. The van der Waals surface area contributed by atoms with Crippen LogP contribution < -0.4 is 5.32 Å². The fraction of sp³-hybridized carbons (Fsp3) is 0.464. The molecule has 5 heterocycles. The predicted molar refractivity (Wildman–Crippen MR) is 136 cm³/mol. The lowest BCUT2D eigenvalue weighted by atomic mass is 9.93. The van der Waals surface area contributed by atoms with Crippen molar-refractivity contribution in [1.29, 1.82) is 0 Å². The number of pyridine rings is 1. The molecule has 1 unspecified atom stereocenters. The van der Waals surface area contributed by atoms with Crippen LogP contribution in [0.2, 0.25) is 0 Å². The van der Waals surface area contributed by atoms with Crippen LogP contribution in [0.15, 0.2) is 42.6 Å². The van der Waals surface area contributed by atoms with Gasteiger partial charge in [-0.1, -0.05) is 18.2 Å². The summed E-state index contributed by atoms with van der Waals surface area (Å²) in [6, 6.07) is 11.3. The highest BCUT2D eigenvalue weighted by Crippen LogP contribution is 2.35. The Bertz CT molecular complexity index is 1260. The number of urea groups is 1. The number of hydrogen-bond donors (Lipinski definition) is 2. The van der Waals surface area contributed by atoms with E-state index in [2.05, 4.69) is 25.4 Å². The molecule has 7 rings (SSSR count). The second-order valence-electron chi connectivity index (χ2n) is 10.6. The number of carbonyl (C=O) groups excluding carboxylic acids is 1. The molecule has 1 aromatic carbocycles. The summed E-state index contributed by atoms with van der Waals surface area (Å²) in [6.07, 6.45) is 6.86. The number of hydrogen-bond acceptors (Lipinski definition) is 4. The third-order valence-corrected chi connectivity index (χ3v) is 8.21. The van der Waals surface area contributed by atoms with Crippen LogP contribution >= 0.6 is 0 Å². The first kappa shape index (κ1) is 23.2. The molecule has 3 aromatic rings. The quantitative estimate of drug-likeness (QED) is 0.570. The van der Waals surface area contributed by atoms with E-state index in [1.165, 1.54) is 12.5 Å². The minimum Gasteiger partial charge on any atom is -0.334 e. The number of amides is 2. The first-order chi connectivity index (χ1) is 17.5. The van der Waals surface area contributed by atoms with Gasteiger partial charge in [0, 0.05) is 72.4 Å². The molecule has 2 amide bonds. The lowest BCUT2D eigenvalue weighted by Crippen LogP contribution is -2.55. The number of rotatable bonds is 4. The smallest absolute Gasteiger partial charge is 0.317 e. The van der Waals surface area contributed by atoms with Crippen LogP contribution in [0.3, 0.4) is 0 Å². The number of fused-ring (bicyclic) bond motifs is 5. The van der Waals surface area contributed by atoms with Crippen molar-refractivity contribution in [2.24, 2.45) is 5.92 Å². The molecule has 7 nitrogen and oxygen atoms in total. The van der Waals surface area contributed by atoms with Crippen LogP contribution in [-0.4, -0.2) is 56.2 Å². The van der Waals surface area contributed by atoms with E-state index in [1.807, 2.05) is 36.1 Å². The number of carbonyl (C=O) groups is 1. The summed E-state index contributed by atoms with van der Waals surface area (Å²) < 4.78 is 14.4. The van der Waals surface area contributed by atoms with Gasteiger partial charge in [-0.3, -0.25) is 15.0 Å². The normalized spacial score (nSPS) is 23.8. The van der Waals surface area contributed by atoms with Gasteiger partial charge in [0.05, 0.1) is 12.2 Å². The van der Waals surface area contributed by atoms with Gasteiger partial charge in [0.25, 0.3) is 0 Å². The Balaban J connectivity index is 1.17. The van der Waals surface area contributed by atoms with Crippen molar-refractivity contribution >= 4 is 6.03 Å². The molecule has 1 saturated carbocycles. The van der Waals surface area contributed by atoms with Gasteiger partial charge in [-0.15, -0.1) is 0 Å². The number of H-pyrrole nitrogens is 1. The van der Waals surface area contributed by atoms with Crippen LogP contribution in [0.25, 0.3) is 11.3 Å². The fourth-order valence-corrected chi connectivity index (χ4v) is 6.29. The molecule has 188 valence electrons. The van der Waals surface area contributed by atoms with Crippen molar-refractivity contribution in [3.63, 3.8) is 0 Å². The van der Waals surface area contributed by atoms with Gasteiger partial charge in [-0.05, 0) is 56.7 Å². The monoisotopic (exact) mass is 488 g/mol. The highest BCUT2D eigenvalue weighted by atomic mass is 19.1. The largest absolute Gasteiger partial charge is 0.334 e. The minimum absolute atomic E-state index is 0.0140.